The van der Waals surface area contributed by atoms with E-state index in [0.29, 0.717) is 6.54 Å². The van der Waals surface area contributed by atoms with Crippen LogP contribution in [-0.2, 0) is 19.0 Å². The van der Waals surface area contributed by atoms with Crippen LogP contribution >= 0.6 is 39.9 Å². The number of guanidine groups is 1. The molecule has 24 heavy (non-hydrogen) atoms. The average Bonchev–Trinajstić information content (AvgIpc) is 2.93. The molecule has 1 aromatic carbocycles. The fraction of sp³-hybridized carbons (Fsp3) is 0.412. The summed E-state index contributed by atoms with van der Waals surface area (Å²) in [5.41, 5.74) is 2.40. The molecule has 2 aromatic rings. The maximum atomic E-state index is 4.29. The Labute approximate surface area is 169 Å². The summed E-state index contributed by atoms with van der Waals surface area (Å²) in [6, 6.07) is 10.4. The molecule has 0 aliphatic rings. The SMILES string of the molecule is CN=C(NCc1ccnn1C)NCC(C)(C)c1ccc(Br)cc1.I. The van der Waals surface area contributed by atoms with Crippen LogP contribution in [0.25, 0.3) is 0 Å². The topological polar surface area (TPSA) is 54.2 Å². The van der Waals surface area contributed by atoms with Crippen LogP contribution in [0.3, 0.4) is 0 Å². The summed E-state index contributed by atoms with van der Waals surface area (Å²) in [6.45, 7) is 5.92. The zero-order valence-electron chi connectivity index (χ0n) is 14.5. The van der Waals surface area contributed by atoms with E-state index in [1.54, 1.807) is 13.2 Å². The molecule has 1 heterocycles. The van der Waals surface area contributed by atoms with Crippen molar-refractivity contribution in [2.45, 2.75) is 25.8 Å². The van der Waals surface area contributed by atoms with E-state index >= 15 is 0 Å². The van der Waals surface area contributed by atoms with Crippen molar-refractivity contribution in [2.75, 3.05) is 13.6 Å². The largest absolute Gasteiger partial charge is 0.356 e. The Kier molecular flexibility index (Phi) is 8.21. The van der Waals surface area contributed by atoms with Gasteiger partial charge >= 0.3 is 0 Å². The van der Waals surface area contributed by atoms with Crippen LogP contribution in [0.5, 0.6) is 0 Å². The number of aromatic nitrogens is 2. The zero-order valence-corrected chi connectivity index (χ0v) is 18.4. The van der Waals surface area contributed by atoms with Gasteiger partial charge < -0.3 is 10.6 Å². The van der Waals surface area contributed by atoms with E-state index < -0.39 is 0 Å². The van der Waals surface area contributed by atoms with Crippen LogP contribution in [0.4, 0.5) is 0 Å². The van der Waals surface area contributed by atoms with Crippen molar-refractivity contribution >= 4 is 45.9 Å². The van der Waals surface area contributed by atoms with Crippen molar-refractivity contribution in [3.63, 3.8) is 0 Å². The third-order valence-corrected chi connectivity index (χ3v) is 4.44. The number of nitrogens with zero attached hydrogens (tertiary/aromatic N) is 3. The molecule has 0 radical (unpaired) electrons. The monoisotopic (exact) mass is 505 g/mol. The molecule has 0 aliphatic heterocycles. The first-order valence-corrected chi connectivity index (χ1v) is 8.39. The summed E-state index contributed by atoms with van der Waals surface area (Å²) in [5, 5.41) is 10.9. The number of nitrogens with one attached hydrogen (secondary N) is 2. The number of aliphatic imine (C=N–C) groups is 1. The third kappa shape index (κ3) is 5.77. The van der Waals surface area contributed by atoms with Gasteiger partial charge in [0.1, 0.15) is 0 Å². The first-order valence-electron chi connectivity index (χ1n) is 7.60. The van der Waals surface area contributed by atoms with Crippen LogP contribution in [0.2, 0.25) is 0 Å². The number of hydrogen-bond donors (Lipinski definition) is 2. The zero-order chi connectivity index (χ0) is 16.9. The number of aryl methyl sites for hydroxylation is 1. The van der Waals surface area contributed by atoms with Gasteiger partial charge in [-0.3, -0.25) is 9.67 Å². The number of halogens is 2. The summed E-state index contributed by atoms with van der Waals surface area (Å²) < 4.78 is 2.95. The highest BCUT2D eigenvalue weighted by Gasteiger charge is 2.20. The lowest BCUT2D eigenvalue weighted by Crippen LogP contribution is -2.43. The van der Waals surface area contributed by atoms with Crippen molar-refractivity contribution in [3.05, 3.63) is 52.3 Å². The van der Waals surface area contributed by atoms with E-state index in [9.17, 15) is 0 Å². The fourth-order valence-electron chi connectivity index (χ4n) is 2.28. The molecule has 0 bridgehead atoms. The van der Waals surface area contributed by atoms with Crippen LogP contribution < -0.4 is 10.6 Å². The highest BCUT2D eigenvalue weighted by atomic mass is 127. The lowest BCUT2D eigenvalue weighted by molar-refractivity contribution is 0.508. The predicted octanol–water partition coefficient (Wildman–Crippen LogP) is 3.44. The van der Waals surface area contributed by atoms with Gasteiger partial charge in [-0.05, 0) is 23.8 Å². The van der Waals surface area contributed by atoms with Gasteiger partial charge in [0.2, 0.25) is 0 Å². The molecule has 0 spiro atoms. The van der Waals surface area contributed by atoms with Gasteiger partial charge in [0.05, 0.1) is 12.2 Å². The number of hydrogen-bond acceptors (Lipinski definition) is 2. The highest BCUT2D eigenvalue weighted by molar-refractivity contribution is 14.0. The van der Waals surface area contributed by atoms with Gasteiger partial charge in [-0.15, -0.1) is 24.0 Å². The Morgan fingerprint density at radius 3 is 2.42 bits per heavy atom. The van der Waals surface area contributed by atoms with Gasteiger partial charge in [0.15, 0.2) is 5.96 Å². The molecule has 5 nitrogen and oxygen atoms in total. The van der Waals surface area contributed by atoms with E-state index in [2.05, 4.69) is 74.8 Å². The summed E-state index contributed by atoms with van der Waals surface area (Å²) in [7, 11) is 3.72. The highest BCUT2D eigenvalue weighted by Crippen LogP contribution is 2.23. The van der Waals surface area contributed by atoms with Crippen molar-refractivity contribution in [1.29, 1.82) is 0 Å². The van der Waals surface area contributed by atoms with Crippen LogP contribution in [0.1, 0.15) is 25.1 Å². The van der Waals surface area contributed by atoms with Gasteiger partial charge in [0, 0.05) is 36.7 Å². The van der Waals surface area contributed by atoms with Crippen molar-refractivity contribution < 1.29 is 0 Å². The Morgan fingerprint density at radius 1 is 1.21 bits per heavy atom. The molecular formula is C17H25BrIN5. The van der Waals surface area contributed by atoms with E-state index in [1.807, 2.05) is 17.8 Å². The van der Waals surface area contributed by atoms with Gasteiger partial charge in [-0.1, -0.05) is 41.9 Å². The standard InChI is InChI=1S/C17H24BrN5.HI/c1-17(2,13-5-7-14(18)8-6-13)12-21-16(19-3)20-11-15-9-10-22-23(15)4;/h5-10H,11-12H2,1-4H3,(H2,19,20,21);1H. The van der Waals surface area contributed by atoms with Gasteiger partial charge in [-0.25, -0.2) is 0 Å². The van der Waals surface area contributed by atoms with E-state index in [1.165, 1.54) is 5.56 Å². The quantitative estimate of drug-likeness (QED) is 0.372. The molecule has 2 N–H and O–H groups in total. The molecule has 132 valence electrons. The molecule has 0 aliphatic carbocycles. The Balaban J connectivity index is 0.00000288. The summed E-state index contributed by atoms with van der Waals surface area (Å²) in [4.78, 5) is 4.29. The normalized spacial score (nSPS) is 11.8. The number of benzene rings is 1. The maximum Gasteiger partial charge on any atom is 0.191 e. The Bertz CT molecular complexity index is 664. The summed E-state index contributed by atoms with van der Waals surface area (Å²) >= 11 is 3.48. The molecule has 0 amide bonds. The van der Waals surface area contributed by atoms with E-state index in [-0.39, 0.29) is 29.4 Å². The minimum atomic E-state index is 0. The fourth-order valence-corrected chi connectivity index (χ4v) is 2.54. The maximum absolute atomic E-state index is 4.29. The van der Waals surface area contributed by atoms with Gasteiger partial charge in [-0.2, -0.15) is 5.10 Å². The van der Waals surface area contributed by atoms with E-state index in [0.717, 1.165) is 22.7 Å². The molecule has 0 saturated heterocycles. The van der Waals surface area contributed by atoms with Crippen molar-refractivity contribution in [3.8, 4) is 0 Å². The molecular weight excluding hydrogens is 481 g/mol. The van der Waals surface area contributed by atoms with Gasteiger partial charge in [0.25, 0.3) is 0 Å². The molecule has 2 rings (SSSR count). The summed E-state index contributed by atoms with van der Waals surface area (Å²) in [5.74, 6) is 0.788. The molecule has 1 aromatic heterocycles. The average molecular weight is 506 g/mol. The van der Waals surface area contributed by atoms with Crippen LogP contribution in [0.15, 0.2) is 46.0 Å². The molecule has 0 unspecified atom stereocenters. The first-order chi connectivity index (χ1) is 10.9. The Hall–Kier alpha value is -1.09. The van der Waals surface area contributed by atoms with Crippen molar-refractivity contribution in [1.82, 2.24) is 20.4 Å². The molecule has 7 heteroatoms. The molecule has 0 fully saturated rings. The number of rotatable bonds is 5. The minimum absolute atomic E-state index is 0. The summed E-state index contributed by atoms with van der Waals surface area (Å²) in [6.07, 6.45) is 1.80. The second-order valence-electron chi connectivity index (χ2n) is 6.12. The van der Waals surface area contributed by atoms with Crippen LogP contribution in [-0.4, -0.2) is 29.3 Å². The molecule has 0 atom stereocenters. The lowest BCUT2D eigenvalue weighted by atomic mass is 9.85. The molecule has 0 saturated carbocycles. The predicted molar refractivity (Wildman–Crippen MR) is 114 cm³/mol. The minimum Gasteiger partial charge on any atom is -0.356 e. The third-order valence-electron chi connectivity index (χ3n) is 3.91. The second kappa shape index (κ2) is 9.41. The Morgan fingerprint density at radius 2 is 1.88 bits per heavy atom. The second-order valence-corrected chi connectivity index (χ2v) is 7.03. The lowest BCUT2D eigenvalue weighted by Gasteiger charge is -2.27. The van der Waals surface area contributed by atoms with Crippen molar-refractivity contribution in [2.24, 2.45) is 12.0 Å². The smallest absolute Gasteiger partial charge is 0.191 e. The first kappa shape index (κ1) is 21.0. The van der Waals surface area contributed by atoms with Crippen LogP contribution in [0, 0.1) is 0 Å². The van der Waals surface area contributed by atoms with E-state index in [4.69, 9.17) is 0 Å².